The summed E-state index contributed by atoms with van der Waals surface area (Å²) in [5.74, 6) is 1.70. The van der Waals surface area contributed by atoms with Gasteiger partial charge in [-0.05, 0) is 6.92 Å². The third-order valence-corrected chi connectivity index (χ3v) is 1.59. The third-order valence-electron chi connectivity index (χ3n) is 1.59. The van der Waals surface area contributed by atoms with Gasteiger partial charge in [-0.3, -0.25) is 4.57 Å². The van der Waals surface area contributed by atoms with Crippen LogP contribution in [0.3, 0.4) is 0 Å². The zero-order chi connectivity index (χ0) is 8.39. The van der Waals surface area contributed by atoms with Gasteiger partial charge in [0.05, 0.1) is 6.20 Å². The lowest BCUT2D eigenvalue weighted by atomic mass is 10.5. The van der Waals surface area contributed by atoms with Crippen LogP contribution in [0.25, 0.3) is 5.82 Å². The molecule has 59 valence electrons. The molecule has 0 aliphatic heterocycles. The van der Waals surface area contributed by atoms with E-state index in [4.69, 9.17) is 0 Å². The molecule has 0 aromatic carbocycles. The van der Waals surface area contributed by atoms with E-state index in [1.165, 1.54) is 6.33 Å². The summed E-state index contributed by atoms with van der Waals surface area (Å²) in [5, 5.41) is 0. The lowest BCUT2D eigenvalue weighted by Gasteiger charge is -2.00. The summed E-state index contributed by atoms with van der Waals surface area (Å²) in [5.41, 5.74) is 0. The Kier molecular flexibility index (Phi) is 1.59. The van der Waals surface area contributed by atoms with Crippen molar-refractivity contribution in [2.45, 2.75) is 6.92 Å². The first-order valence-corrected chi connectivity index (χ1v) is 3.56. The second kappa shape index (κ2) is 2.73. The van der Waals surface area contributed by atoms with Gasteiger partial charge >= 0.3 is 0 Å². The third kappa shape index (κ3) is 1.07. The van der Waals surface area contributed by atoms with Gasteiger partial charge in [0.25, 0.3) is 0 Å². The van der Waals surface area contributed by atoms with Crippen molar-refractivity contribution in [3.8, 4) is 5.82 Å². The maximum absolute atomic E-state index is 4.08. The Morgan fingerprint density at radius 3 is 2.92 bits per heavy atom. The van der Waals surface area contributed by atoms with Gasteiger partial charge in [-0.1, -0.05) is 0 Å². The van der Waals surface area contributed by atoms with E-state index in [0.29, 0.717) is 0 Å². The Labute approximate surface area is 69.9 Å². The van der Waals surface area contributed by atoms with Crippen molar-refractivity contribution < 1.29 is 0 Å². The Morgan fingerprint density at radius 2 is 2.33 bits per heavy atom. The van der Waals surface area contributed by atoms with Crippen LogP contribution in [0.5, 0.6) is 0 Å². The van der Waals surface area contributed by atoms with Crippen molar-refractivity contribution in [3.05, 3.63) is 36.8 Å². The fourth-order valence-electron chi connectivity index (χ4n) is 1.01. The summed E-state index contributed by atoms with van der Waals surface area (Å²) < 4.78 is 1.87. The molecule has 0 N–H and O–H groups in total. The molecular formula is C8H7N4. The molecule has 2 aromatic heterocycles. The van der Waals surface area contributed by atoms with Crippen LogP contribution in [-0.2, 0) is 0 Å². The molecule has 0 saturated heterocycles. The minimum Gasteiger partial charge on any atom is -0.288 e. The molecular weight excluding hydrogens is 152 g/mol. The lowest BCUT2D eigenvalue weighted by molar-refractivity contribution is 0.918. The fourth-order valence-corrected chi connectivity index (χ4v) is 1.01. The van der Waals surface area contributed by atoms with Gasteiger partial charge in [0.1, 0.15) is 18.0 Å². The molecule has 4 nitrogen and oxygen atoms in total. The van der Waals surface area contributed by atoms with Crippen LogP contribution >= 0.6 is 0 Å². The molecule has 12 heavy (non-hydrogen) atoms. The molecule has 1 radical (unpaired) electrons. The highest BCUT2D eigenvalue weighted by molar-refractivity contribution is 5.20. The van der Waals surface area contributed by atoms with Crippen LogP contribution in [-0.4, -0.2) is 19.5 Å². The summed E-state index contributed by atoms with van der Waals surface area (Å²) in [6.07, 6.45) is 7.77. The van der Waals surface area contributed by atoms with E-state index in [1.54, 1.807) is 12.3 Å². The summed E-state index contributed by atoms with van der Waals surface area (Å²) in [7, 11) is 0. The van der Waals surface area contributed by atoms with Gasteiger partial charge in [-0.2, -0.15) is 0 Å². The van der Waals surface area contributed by atoms with E-state index >= 15 is 0 Å². The molecule has 0 aliphatic rings. The molecule has 0 amide bonds. The van der Waals surface area contributed by atoms with E-state index < -0.39 is 0 Å². The first kappa shape index (κ1) is 6.97. The second-order valence-corrected chi connectivity index (χ2v) is 2.35. The quantitative estimate of drug-likeness (QED) is 0.617. The van der Waals surface area contributed by atoms with Crippen LogP contribution in [0, 0.1) is 13.1 Å². The van der Waals surface area contributed by atoms with Gasteiger partial charge in [-0.15, -0.1) is 0 Å². The Hall–Kier alpha value is -1.71. The van der Waals surface area contributed by atoms with Crippen molar-refractivity contribution in [1.29, 1.82) is 0 Å². The van der Waals surface area contributed by atoms with Crippen LogP contribution in [0.2, 0.25) is 0 Å². The van der Waals surface area contributed by atoms with Gasteiger partial charge in [0.15, 0.2) is 0 Å². The van der Waals surface area contributed by atoms with E-state index in [1.807, 2.05) is 17.7 Å². The van der Waals surface area contributed by atoms with Crippen LogP contribution in [0.1, 0.15) is 5.82 Å². The predicted octanol–water partition coefficient (Wildman–Crippen LogP) is 0.771. The van der Waals surface area contributed by atoms with Crippen molar-refractivity contribution in [3.63, 3.8) is 0 Å². The summed E-state index contributed by atoms with van der Waals surface area (Å²) in [6.45, 7) is 1.92. The summed E-state index contributed by atoms with van der Waals surface area (Å²) in [6, 6.07) is 1.72. The van der Waals surface area contributed by atoms with E-state index in [-0.39, 0.29) is 0 Å². The minimum atomic E-state index is 0.792. The largest absolute Gasteiger partial charge is 0.288 e. The summed E-state index contributed by atoms with van der Waals surface area (Å²) in [4.78, 5) is 11.9. The average Bonchev–Trinajstić information content (AvgIpc) is 2.53. The lowest BCUT2D eigenvalue weighted by Crippen LogP contribution is -1.98. The maximum Gasteiger partial charge on any atom is 0.142 e. The molecule has 2 aromatic rings. The minimum absolute atomic E-state index is 0.792. The smallest absolute Gasteiger partial charge is 0.142 e. The average molecular weight is 159 g/mol. The Balaban J connectivity index is 2.51. The van der Waals surface area contributed by atoms with Crippen molar-refractivity contribution in [1.82, 2.24) is 19.5 Å². The highest BCUT2D eigenvalue weighted by Gasteiger charge is 1.98. The van der Waals surface area contributed by atoms with E-state index in [0.717, 1.165) is 11.6 Å². The molecule has 0 bridgehead atoms. The molecule has 0 saturated carbocycles. The molecule has 0 unspecified atom stereocenters. The molecule has 4 heteroatoms. The first-order chi connectivity index (χ1) is 5.88. The standard InChI is InChI=1S/C8H7N4/c1-7-10-4-5-12(7)8-2-3-9-6-11-8/h2,4-6H,1H3. The van der Waals surface area contributed by atoms with Gasteiger partial charge < -0.3 is 0 Å². The van der Waals surface area contributed by atoms with Gasteiger partial charge in [0, 0.05) is 18.5 Å². The second-order valence-electron chi connectivity index (χ2n) is 2.35. The van der Waals surface area contributed by atoms with Crippen molar-refractivity contribution in [2.24, 2.45) is 0 Å². The van der Waals surface area contributed by atoms with Crippen molar-refractivity contribution >= 4 is 0 Å². The summed E-state index contributed by atoms with van der Waals surface area (Å²) >= 11 is 0. The molecule has 0 spiro atoms. The number of hydrogen-bond acceptors (Lipinski definition) is 3. The number of aryl methyl sites for hydroxylation is 1. The maximum atomic E-state index is 4.08. The molecule has 0 atom stereocenters. The molecule has 0 aliphatic carbocycles. The normalized spacial score (nSPS) is 10.1. The first-order valence-electron chi connectivity index (χ1n) is 3.56. The van der Waals surface area contributed by atoms with Crippen LogP contribution in [0.15, 0.2) is 24.8 Å². The zero-order valence-electron chi connectivity index (χ0n) is 6.60. The van der Waals surface area contributed by atoms with E-state index in [2.05, 4.69) is 21.1 Å². The number of nitrogens with zero attached hydrogens (tertiary/aromatic N) is 4. The van der Waals surface area contributed by atoms with Gasteiger partial charge in [0.2, 0.25) is 0 Å². The number of rotatable bonds is 1. The van der Waals surface area contributed by atoms with Crippen LogP contribution in [0.4, 0.5) is 0 Å². The fraction of sp³-hybridized carbons (Fsp3) is 0.125. The number of imidazole rings is 1. The zero-order valence-corrected chi connectivity index (χ0v) is 6.60. The number of hydrogen-bond donors (Lipinski definition) is 0. The van der Waals surface area contributed by atoms with Crippen molar-refractivity contribution in [2.75, 3.05) is 0 Å². The SMILES string of the molecule is Cc1nccn1-c1c[c]ncn1. The van der Waals surface area contributed by atoms with Gasteiger partial charge in [-0.25, -0.2) is 15.0 Å². The molecule has 2 rings (SSSR count). The van der Waals surface area contributed by atoms with E-state index in [9.17, 15) is 0 Å². The monoisotopic (exact) mass is 159 g/mol. The Morgan fingerprint density at radius 1 is 1.42 bits per heavy atom. The molecule has 0 fully saturated rings. The topological polar surface area (TPSA) is 43.6 Å². The highest BCUT2D eigenvalue weighted by atomic mass is 15.1. The Bertz CT molecular complexity index is 366. The predicted molar refractivity (Wildman–Crippen MR) is 42.7 cm³/mol. The van der Waals surface area contributed by atoms with Crippen LogP contribution < -0.4 is 0 Å². The highest BCUT2D eigenvalue weighted by Crippen LogP contribution is 2.03. The number of aromatic nitrogens is 4. The molecule has 2 heterocycles.